The number of hydrogen-bond acceptors (Lipinski definition) is 6. The number of nitrogens with zero attached hydrogens (tertiary/aromatic N) is 2. The van der Waals surface area contributed by atoms with Crippen LogP contribution in [0.5, 0.6) is 0 Å². The summed E-state index contributed by atoms with van der Waals surface area (Å²) in [5.41, 5.74) is -0.243. The Balaban J connectivity index is 1.89. The van der Waals surface area contributed by atoms with Gasteiger partial charge in [-0.1, -0.05) is 11.6 Å². The quantitative estimate of drug-likeness (QED) is 0.423. The summed E-state index contributed by atoms with van der Waals surface area (Å²) in [6.45, 7) is 4.92. The number of benzene rings is 1. The van der Waals surface area contributed by atoms with Crippen molar-refractivity contribution in [2.75, 3.05) is 39.3 Å². The van der Waals surface area contributed by atoms with Crippen LogP contribution >= 0.6 is 11.6 Å². The highest BCUT2D eigenvalue weighted by molar-refractivity contribution is 7.89. The Labute approximate surface area is 140 Å². The third-order valence-corrected chi connectivity index (χ3v) is 5.51. The lowest BCUT2D eigenvalue weighted by Crippen LogP contribution is -2.44. The highest BCUT2D eigenvalue weighted by atomic mass is 35.5. The van der Waals surface area contributed by atoms with Crippen LogP contribution in [0.15, 0.2) is 23.1 Å². The lowest BCUT2D eigenvalue weighted by atomic mass is 10.3. The van der Waals surface area contributed by atoms with E-state index in [0.717, 1.165) is 50.9 Å². The minimum Gasteiger partial charge on any atom is -0.314 e. The summed E-state index contributed by atoms with van der Waals surface area (Å²) in [7, 11) is -3.77. The van der Waals surface area contributed by atoms with E-state index >= 15 is 0 Å². The average molecular weight is 363 g/mol. The minimum absolute atomic E-state index is 0.146. The van der Waals surface area contributed by atoms with E-state index in [4.69, 9.17) is 11.6 Å². The molecule has 23 heavy (non-hydrogen) atoms. The predicted molar refractivity (Wildman–Crippen MR) is 87.2 cm³/mol. The predicted octanol–water partition coefficient (Wildman–Crippen LogP) is 0.822. The minimum atomic E-state index is -3.77. The van der Waals surface area contributed by atoms with Crippen molar-refractivity contribution in [3.63, 3.8) is 0 Å². The average Bonchev–Trinajstić information content (AvgIpc) is 2.52. The first-order valence-corrected chi connectivity index (χ1v) is 9.13. The number of piperazine rings is 1. The molecule has 0 amide bonds. The number of halogens is 1. The first kappa shape index (κ1) is 18.1. The van der Waals surface area contributed by atoms with E-state index in [-0.39, 0.29) is 15.6 Å². The van der Waals surface area contributed by atoms with Crippen molar-refractivity contribution in [1.82, 2.24) is 14.9 Å². The van der Waals surface area contributed by atoms with Crippen molar-refractivity contribution in [3.8, 4) is 0 Å². The first-order valence-electron chi connectivity index (χ1n) is 7.27. The Hall–Kier alpha value is -1.26. The number of nitro groups is 1. The summed E-state index contributed by atoms with van der Waals surface area (Å²) in [5, 5.41) is 13.7. The SMILES string of the molecule is O=[N+]([O-])c1ccc(S(=O)(=O)NCCCN2CCNCC2)c(Cl)c1. The number of nitro benzene ring substituents is 1. The molecule has 1 fully saturated rings. The highest BCUT2D eigenvalue weighted by Crippen LogP contribution is 2.25. The van der Waals surface area contributed by atoms with Crippen LogP contribution in [0.4, 0.5) is 5.69 Å². The molecule has 1 heterocycles. The second-order valence-corrected chi connectivity index (χ2v) is 7.36. The van der Waals surface area contributed by atoms with E-state index in [1.54, 1.807) is 0 Å². The largest absolute Gasteiger partial charge is 0.314 e. The van der Waals surface area contributed by atoms with E-state index in [1.807, 2.05) is 0 Å². The summed E-state index contributed by atoms with van der Waals surface area (Å²) in [5.74, 6) is 0. The van der Waals surface area contributed by atoms with Crippen LogP contribution in [-0.2, 0) is 10.0 Å². The molecule has 0 aromatic heterocycles. The van der Waals surface area contributed by atoms with Gasteiger partial charge in [-0.25, -0.2) is 13.1 Å². The fourth-order valence-electron chi connectivity index (χ4n) is 2.34. The number of sulfonamides is 1. The van der Waals surface area contributed by atoms with Crippen molar-refractivity contribution in [2.45, 2.75) is 11.3 Å². The Kier molecular flexibility index (Phi) is 6.31. The van der Waals surface area contributed by atoms with Crippen LogP contribution in [0, 0.1) is 10.1 Å². The lowest BCUT2D eigenvalue weighted by molar-refractivity contribution is -0.384. The van der Waals surface area contributed by atoms with Gasteiger partial charge in [0.2, 0.25) is 10.0 Å². The second kappa shape index (κ2) is 8.02. The molecule has 0 unspecified atom stereocenters. The molecular weight excluding hydrogens is 344 g/mol. The van der Waals surface area contributed by atoms with Gasteiger partial charge in [-0.2, -0.15) is 0 Å². The summed E-state index contributed by atoms with van der Waals surface area (Å²) < 4.78 is 26.9. The maximum absolute atomic E-state index is 12.2. The van der Waals surface area contributed by atoms with Crippen LogP contribution < -0.4 is 10.0 Å². The summed E-state index contributed by atoms with van der Waals surface area (Å²) in [4.78, 5) is 12.1. The number of non-ortho nitro benzene ring substituents is 1. The van der Waals surface area contributed by atoms with E-state index in [9.17, 15) is 18.5 Å². The molecule has 2 rings (SSSR count). The molecular formula is C13H19ClN4O4S. The highest BCUT2D eigenvalue weighted by Gasteiger charge is 2.20. The van der Waals surface area contributed by atoms with Crippen molar-refractivity contribution in [3.05, 3.63) is 33.3 Å². The van der Waals surface area contributed by atoms with Crippen molar-refractivity contribution < 1.29 is 13.3 Å². The van der Waals surface area contributed by atoms with E-state index in [0.29, 0.717) is 13.0 Å². The molecule has 1 aromatic carbocycles. The van der Waals surface area contributed by atoms with Gasteiger partial charge >= 0.3 is 0 Å². The molecule has 0 aliphatic carbocycles. The van der Waals surface area contributed by atoms with Gasteiger partial charge in [0, 0.05) is 44.9 Å². The molecule has 1 saturated heterocycles. The smallest absolute Gasteiger partial charge is 0.271 e. The van der Waals surface area contributed by atoms with Crippen LogP contribution in [0.2, 0.25) is 5.02 Å². The van der Waals surface area contributed by atoms with E-state index < -0.39 is 14.9 Å². The number of nitrogens with one attached hydrogen (secondary N) is 2. The zero-order valence-corrected chi connectivity index (χ0v) is 14.1. The van der Waals surface area contributed by atoms with Gasteiger partial charge in [-0.3, -0.25) is 10.1 Å². The summed E-state index contributed by atoms with van der Waals surface area (Å²) >= 11 is 5.85. The standard InChI is InChI=1S/C13H19ClN4O4S/c14-12-10-11(18(19)20)2-3-13(12)23(21,22)16-4-1-7-17-8-5-15-6-9-17/h2-3,10,15-16H,1,4-9H2. The van der Waals surface area contributed by atoms with E-state index in [2.05, 4.69) is 14.9 Å². The van der Waals surface area contributed by atoms with Crippen LogP contribution in [0.25, 0.3) is 0 Å². The zero-order chi connectivity index (χ0) is 16.9. The van der Waals surface area contributed by atoms with Crippen molar-refractivity contribution in [2.24, 2.45) is 0 Å². The molecule has 0 spiro atoms. The Morgan fingerprint density at radius 3 is 2.65 bits per heavy atom. The Morgan fingerprint density at radius 2 is 2.04 bits per heavy atom. The van der Waals surface area contributed by atoms with Crippen molar-refractivity contribution in [1.29, 1.82) is 0 Å². The second-order valence-electron chi connectivity index (χ2n) is 5.21. The van der Waals surface area contributed by atoms with E-state index in [1.165, 1.54) is 0 Å². The van der Waals surface area contributed by atoms with Crippen molar-refractivity contribution >= 4 is 27.3 Å². The van der Waals surface area contributed by atoms with Gasteiger partial charge in [0.15, 0.2) is 0 Å². The summed E-state index contributed by atoms with van der Waals surface area (Å²) in [6, 6.07) is 3.32. The van der Waals surface area contributed by atoms with Gasteiger partial charge in [-0.15, -0.1) is 0 Å². The van der Waals surface area contributed by atoms with Gasteiger partial charge in [-0.05, 0) is 19.0 Å². The molecule has 0 bridgehead atoms. The monoisotopic (exact) mass is 362 g/mol. The molecule has 1 aliphatic rings. The third kappa shape index (κ3) is 5.11. The van der Waals surface area contributed by atoms with Crippen LogP contribution in [-0.4, -0.2) is 57.5 Å². The fourth-order valence-corrected chi connectivity index (χ4v) is 3.95. The van der Waals surface area contributed by atoms with Crippen LogP contribution in [0.3, 0.4) is 0 Å². The zero-order valence-electron chi connectivity index (χ0n) is 12.5. The third-order valence-electron chi connectivity index (χ3n) is 3.57. The molecule has 0 saturated carbocycles. The van der Waals surface area contributed by atoms with Crippen LogP contribution in [0.1, 0.15) is 6.42 Å². The molecule has 0 atom stereocenters. The Morgan fingerprint density at radius 1 is 1.35 bits per heavy atom. The summed E-state index contributed by atoms with van der Waals surface area (Å²) in [6.07, 6.45) is 0.684. The van der Waals surface area contributed by atoms with Gasteiger partial charge < -0.3 is 10.2 Å². The maximum atomic E-state index is 12.2. The van der Waals surface area contributed by atoms with Gasteiger partial charge in [0.05, 0.1) is 9.95 Å². The molecule has 8 nitrogen and oxygen atoms in total. The molecule has 128 valence electrons. The number of hydrogen-bond donors (Lipinski definition) is 2. The first-order chi connectivity index (χ1) is 10.9. The lowest BCUT2D eigenvalue weighted by Gasteiger charge is -2.27. The van der Waals surface area contributed by atoms with Gasteiger partial charge in [0.1, 0.15) is 4.90 Å². The topological polar surface area (TPSA) is 105 Å². The molecule has 1 aromatic rings. The molecule has 10 heteroatoms. The normalized spacial score (nSPS) is 16.4. The molecule has 1 aliphatic heterocycles. The maximum Gasteiger partial charge on any atom is 0.271 e. The van der Waals surface area contributed by atoms with Gasteiger partial charge in [0.25, 0.3) is 5.69 Å². The Bertz CT molecular complexity index is 662. The fraction of sp³-hybridized carbons (Fsp3) is 0.538. The molecule has 2 N–H and O–H groups in total. The number of rotatable bonds is 7. The molecule has 0 radical (unpaired) electrons.